The minimum absolute atomic E-state index is 0.157. The highest BCUT2D eigenvalue weighted by molar-refractivity contribution is 5.93. The van der Waals surface area contributed by atoms with Crippen molar-refractivity contribution in [3.63, 3.8) is 0 Å². The van der Waals surface area contributed by atoms with Crippen molar-refractivity contribution in [2.45, 2.75) is 25.3 Å². The number of rotatable bonds is 6. The Morgan fingerprint density at radius 2 is 2.03 bits per heavy atom. The summed E-state index contributed by atoms with van der Waals surface area (Å²) < 4.78 is 10.5. The van der Waals surface area contributed by atoms with Gasteiger partial charge in [0.2, 0.25) is 0 Å². The number of furan rings is 1. The van der Waals surface area contributed by atoms with Crippen molar-refractivity contribution >= 4 is 11.8 Å². The Bertz CT molecular complexity index is 1220. The summed E-state index contributed by atoms with van der Waals surface area (Å²) in [6, 6.07) is 10.6. The third-order valence-electron chi connectivity index (χ3n) is 5.73. The topological polar surface area (TPSA) is 130 Å². The molecule has 1 fully saturated rings. The summed E-state index contributed by atoms with van der Waals surface area (Å²) in [5.74, 6) is 0.954. The molecule has 0 unspecified atom stereocenters. The van der Waals surface area contributed by atoms with Crippen LogP contribution in [0.15, 0.2) is 64.0 Å². The molecule has 1 aliphatic rings. The Morgan fingerprint density at radius 1 is 1.15 bits per heavy atom. The monoisotopic (exact) mass is 446 g/mol. The number of amides is 2. The third-order valence-corrected chi connectivity index (χ3v) is 5.73. The van der Waals surface area contributed by atoms with E-state index >= 15 is 0 Å². The molecule has 5 rings (SSSR count). The van der Waals surface area contributed by atoms with E-state index < -0.39 is 0 Å². The maximum Gasteiger partial charge on any atom is 0.276 e. The molecular weight excluding hydrogens is 424 g/mol. The molecule has 10 heteroatoms. The molecule has 168 valence electrons. The van der Waals surface area contributed by atoms with E-state index in [4.69, 9.17) is 8.94 Å². The zero-order valence-corrected chi connectivity index (χ0v) is 17.7. The van der Waals surface area contributed by atoms with Gasteiger partial charge in [0.25, 0.3) is 11.8 Å². The van der Waals surface area contributed by atoms with E-state index in [0.29, 0.717) is 36.8 Å². The van der Waals surface area contributed by atoms with Crippen LogP contribution < -0.4 is 5.32 Å². The number of nitrogens with zero attached hydrogens (tertiary/aromatic N) is 4. The summed E-state index contributed by atoms with van der Waals surface area (Å²) in [5, 5.41) is 13.9. The SMILES string of the molecule is O=C(NCc1ccco1)c1cc(C2CCN(C(=O)c3cc(-c4cccnc4)on3)CC2)[nH]n1. The summed E-state index contributed by atoms with van der Waals surface area (Å²) in [6.45, 7) is 1.47. The van der Waals surface area contributed by atoms with Gasteiger partial charge in [-0.2, -0.15) is 5.10 Å². The number of nitrogens with one attached hydrogen (secondary N) is 2. The summed E-state index contributed by atoms with van der Waals surface area (Å²) >= 11 is 0. The molecule has 0 atom stereocenters. The maximum atomic E-state index is 12.9. The molecule has 2 N–H and O–H groups in total. The standard InChI is InChI=1S/C23H22N6O4/c30-22(25-14-17-4-2-10-32-17)19-11-18(26-27-19)15-5-8-29(9-6-15)23(31)20-12-21(33-28-20)16-3-1-7-24-13-16/h1-4,7,10-13,15H,5-6,8-9,14H2,(H,25,30)(H,26,27). The second-order valence-corrected chi connectivity index (χ2v) is 7.86. The normalized spacial score (nSPS) is 14.4. The van der Waals surface area contributed by atoms with Gasteiger partial charge in [-0.25, -0.2) is 0 Å². The second kappa shape index (κ2) is 9.11. The van der Waals surface area contributed by atoms with Crippen LogP contribution in [0.2, 0.25) is 0 Å². The van der Waals surface area contributed by atoms with Gasteiger partial charge >= 0.3 is 0 Å². The summed E-state index contributed by atoms with van der Waals surface area (Å²) in [6.07, 6.45) is 6.42. The zero-order chi connectivity index (χ0) is 22.6. The minimum atomic E-state index is -0.267. The molecule has 1 saturated heterocycles. The van der Waals surface area contributed by atoms with Gasteiger partial charge in [0, 0.05) is 48.7 Å². The Hall–Kier alpha value is -4.21. The van der Waals surface area contributed by atoms with Crippen molar-refractivity contribution < 1.29 is 18.5 Å². The fraction of sp³-hybridized carbons (Fsp3) is 0.261. The number of H-pyrrole nitrogens is 1. The smallest absolute Gasteiger partial charge is 0.276 e. The molecule has 2 amide bonds. The first-order valence-corrected chi connectivity index (χ1v) is 10.7. The average Bonchev–Trinajstić information content (AvgIpc) is 3.64. The fourth-order valence-electron chi connectivity index (χ4n) is 3.91. The maximum absolute atomic E-state index is 12.9. The molecule has 0 saturated carbocycles. The van der Waals surface area contributed by atoms with Crippen molar-refractivity contribution in [2.24, 2.45) is 0 Å². The summed E-state index contributed by atoms with van der Waals surface area (Å²) in [4.78, 5) is 31.0. The molecule has 0 spiro atoms. The van der Waals surface area contributed by atoms with Gasteiger partial charge in [-0.05, 0) is 43.2 Å². The minimum Gasteiger partial charge on any atom is -0.467 e. The molecule has 0 radical (unpaired) electrons. The number of aromatic nitrogens is 4. The Kier molecular flexibility index (Phi) is 5.71. The Morgan fingerprint density at radius 3 is 2.79 bits per heavy atom. The molecule has 33 heavy (non-hydrogen) atoms. The number of piperidine rings is 1. The van der Waals surface area contributed by atoms with E-state index in [1.807, 2.05) is 6.07 Å². The quantitative estimate of drug-likeness (QED) is 0.466. The predicted octanol–water partition coefficient (Wildman–Crippen LogP) is 3.00. The van der Waals surface area contributed by atoms with Crippen LogP contribution in [0.5, 0.6) is 0 Å². The van der Waals surface area contributed by atoms with Crippen LogP contribution in [0.4, 0.5) is 0 Å². The highest BCUT2D eigenvalue weighted by Gasteiger charge is 2.28. The number of likely N-dealkylation sites (tertiary alicyclic amines) is 1. The van der Waals surface area contributed by atoms with Crippen molar-refractivity contribution in [1.82, 2.24) is 30.6 Å². The molecule has 10 nitrogen and oxygen atoms in total. The first-order valence-electron chi connectivity index (χ1n) is 10.7. The molecule has 0 aromatic carbocycles. The van der Waals surface area contributed by atoms with Crippen LogP contribution in [-0.4, -0.2) is 50.1 Å². The van der Waals surface area contributed by atoms with Gasteiger partial charge in [0.05, 0.1) is 12.8 Å². The molecule has 1 aliphatic heterocycles. The van der Waals surface area contributed by atoms with Gasteiger partial charge in [0.1, 0.15) is 11.5 Å². The average molecular weight is 446 g/mol. The van der Waals surface area contributed by atoms with Crippen LogP contribution in [0.1, 0.15) is 51.2 Å². The highest BCUT2D eigenvalue weighted by atomic mass is 16.5. The molecule has 0 aliphatic carbocycles. The van der Waals surface area contributed by atoms with Crippen LogP contribution in [0.3, 0.4) is 0 Å². The summed E-state index contributed by atoms with van der Waals surface area (Å²) in [7, 11) is 0. The van der Waals surface area contributed by atoms with E-state index in [2.05, 4.69) is 25.7 Å². The third kappa shape index (κ3) is 4.54. The number of hydrogen-bond donors (Lipinski definition) is 2. The van der Waals surface area contributed by atoms with Gasteiger partial charge in [-0.15, -0.1) is 0 Å². The van der Waals surface area contributed by atoms with Crippen molar-refractivity contribution in [1.29, 1.82) is 0 Å². The van der Waals surface area contributed by atoms with Gasteiger partial charge in [0.15, 0.2) is 11.5 Å². The molecule has 0 bridgehead atoms. The van der Waals surface area contributed by atoms with Crippen LogP contribution in [0.25, 0.3) is 11.3 Å². The van der Waals surface area contributed by atoms with E-state index in [0.717, 1.165) is 24.1 Å². The lowest BCUT2D eigenvalue weighted by Gasteiger charge is -2.30. The lowest BCUT2D eigenvalue weighted by Crippen LogP contribution is -2.38. The number of carbonyl (C=O) groups excluding carboxylic acids is 2. The largest absolute Gasteiger partial charge is 0.467 e. The Balaban J connectivity index is 1.16. The lowest BCUT2D eigenvalue weighted by molar-refractivity contribution is 0.0701. The molecule has 4 aromatic heterocycles. The highest BCUT2D eigenvalue weighted by Crippen LogP contribution is 2.28. The van der Waals surface area contributed by atoms with Gasteiger partial charge in [-0.1, -0.05) is 5.16 Å². The Labute approximate surface area is 189 Å². The van der Waals surface area contributed by atoms with Crippen molar-refractivity contribution in [2.75, 3.05) is 13.1 Å². The van der Waals surface area contributed by atoms with Gasteiger partial charge < -0.3 is 19.2 Å². The lowest BCUT2D eigenvalue weighted by atomic mass is 9.93. The second-order valence-electron chi connectivity index (χ2n) is 7.86. The number of aromatic amines is 1. The number of pyridine rings is 1. The van der Waals surface area contributed by atoms with Crippen molar-refractivity contribution in [3.8, 4) is 11.3 Å². The molecular formula is C23H22N6O4. The predicted molar refractivity (Wildman–Crippen MR) is 116 cm³/mol. The van der Waals surface area contributed by atoms with Crippen LogP contribution >= 0.6 is 0 Å². The first-order chi connectivity index (χ1) is 16.2. The first kappa shape index (κ1) is 20.7. The fourth-order valence-corrected chi connectivity index (χ4v) is 3.91. The molecule has 4 aromatic rings. The van der Waals surface area contributed by atoms with Crippen molar-refractivity contribution in [3.05, 3.63) is 77.9 Å². The van der Waals surface area contributed by atoms with E-state index in [-0.39, 0.29) is 23.4 Å². The zero-order valence-electron chi connectivity index (χ0n) is 17.7. The van der Waals surface area contributed by atoms with Crippen LogP contribution in [-0.2, 0) is 6.54 Å². The van der Waals surface area contributed by atoms with Gasteiger partial charge in [-0.3, -0.25) is 19.7 Å². The van der Waals surface area contributed by atoms with E-state index in [1.54, 1.807) is 53.9 Å². The number of hydrogen-bond acceptors (Lipinski definition) is 7. The summed E-state index contributed by atoms with van der Waals surface area (Å²) in [5.41, 5.74) is 2.28. The number of carbonyl (C=O) groups is 2. The van der Waals surface area contributed by atoms with Crippen LogP contribution in [0, 0.1) is 0 Å². The van der Waals surface area contributed by atoms with E-state index in [9.17, 15) is 9.59 Å². The van der Waals surface area contributed by atoms with E-state index in [1.165, 1.54) is 0 Å². The molecule has 5 heterocycles.